The Balaban J connectivity index is 3.35. The van der Waals surface area contributed by atoms with Crippen molar-refractivity contribution in [2.45, 2.75) is 13.1 Å². The van der Waals surface area contributed by atoms with Crippen molar-refractivity contribution in [1.29, 1.82) is 0 Å². The van der Waals surface area contributed by atoms with E-state index in [0.717, 1.165) is 0 Å². The standard InChI is InChI=1S/C7H4Cl2F3N/c1-3-4(7(10,11)12)2-13-6(9)5(3)8/h2H,1H3. The van der Waals surface area contributed by atoms with Crippen molar-refractivity contribution in [3.63, 3.8) is 0 Å². The molecule has 1 aromatic rings. The molecule has 0 fully saturated rings. The highest BCUT2D eigenvalue weighted by molar-refractivity contribution is 6.41. The second-order valence-electron chi connectivity index (χ2n) is 2.40. The third-order valence-corrected chi connectivity index (χ3v) is 2.37. The molecule has 0 amide bonds. The lowest BCUT2D eigenvalue weighted by molar-refractivity contribution is -0.138. The number of halogens is 5. The SMILES string of the molecule is Cc1c(C(F)(F)F)cnc(Cl)c1Cl. The van der Waals surface area contributed by atoms with Crippen molar-refractivity contribution in [2.75, 3.05) is 0 Å². The van der Waals surface area contributed by atoms with Crippen LogP contribution in [0.4, 0.5) is 13.2 Å². The van der Waals surface area contributed by atoms with Crippen molar-refractivity contribution >= 4 is 23.2 Å². The van der Waals surface area contributed by atoms with E-state index in [-0.39, 0.29) is 15.7 Å². The Morgan fingerprint density at radius 1 is 1.31 bits per heavy atom. The van der Waals surface area contributed by atoms with E-state index in [1.54, 1.807) is 0 Å². The molecule has 1 nitrogen and oxygen atoms in total. The van der Waals surface area contributed by atoms with Crippen LogP contribution in [-0.4, -0.2) is 4.98 Å². The molecule has 0 unspecified atom stereocenters. The molecule has 6 heteroatoms. The van der Waals surface area contributed by atoms with Gasteiger partial charge in [0.05, 0.1) is 10.6 Å². The molecule has 0 aliphatic rings. The minimum Gasteiger partial charge on any atom is -0.242 e. The number of hydrogen-bond donors (Lipinski definition) is 0. The fourth-order valence-corrected chi connectivity index (χ4v) is 1.17. The first kappa shape index (κ1) is 10.6. The van der Waals surface area contributed by atoms with E-state index in [0.29, 0.717) is 6.20 Å². The molecule has 0 aromatic carbocycles. The Morgan fingerprint density at radius 2 is 1.85 bits per heavy atom. The van der Waals surface area contributed by atoms with E-state index in [2.05, 4.69) is 4.98 Å². The van der Waals surface area contributed by atoms with Gasteiger partial charge in [-0.05, 0) is 12.5 Å². The summed E-state index contributed by atoms with van der Waals surface area (Å²) >= 11 is 10.9. The maximum Gasteiger partial charge on any atom is 0.418 e. The van der Waals surface area contributed by atoms with Gasteiger partial charge in [0.2, 0.25) is 0 Å². The quantitative estimate of drug-likeness (QED) is 0.619. The summed E-state index contributed by atoms with van der Waals surface area (Å²) in [4.78, 5) is 3.32. The zero-order chi connectivity index (χ0) is 10.2. The zero-order valence-electron chi connectivity index (χ0n) is 6.41. The molecule has 0 bridgehead atoms. The third kappa shape index (κ3) is 2.06. The number of hydrogen-bond acceptors (Lipinski definition) is 1. The Labute approximate surface area is 82.5 Å². The Kier molecular flexibility index (Phi) is 2.73. The average molecular weight is 230 g/mol. The summed E-state index contributed by atoms with van der Waals surface area (Å²) in [6.07, 6.45) is -3.77. The number of rotatable bonds is 0. The van der Waals surface area contributed by atoms with E-state index in [9.17, 15) is 13.2 Å². The van der Waals surface area contributed by atoms with Gasteiger partial charge in [-0.15, -0.1) is 0 Å². The van der Waals surface area contributed by atoms with Gasteiger partial charge in [-0.1, -0.05) is 23.2 Å². The van der Waals surface area contributed by atoms with Gasteiger partial charge in [0.15, 0.2) is 0 Å². The molecule has 0 spiro atoms. The van der Waals surface area contributed by atoms with Gasteiger partial charge < -0.3 is 0 Å². The van der Waals surface area contributed by atoms with Crippen LogP contribution in [0.15, 0.2) is 6.20 Å². The van der Waals surface area contributed by atoms with Crippen LogP contribution in [0.5, 0.6) is 0 Å². The number of aromatic nitrogens is 1. The highest BCUT2D eigenvalue weighted by Gasteiger charge is 2.33. The predicted molar refractivity (Wildman–Crippen MR) is 44.0 cm³/mol. The fourth-order valence-electron chi connectivity index (χ4n) is 0.833. The predicted octanol–water partition coefficient (Wildman–Crippen LogP) is 3.72. The summed E-state index contributed by atoms with van der Waals surface area (Å²) in [5.74, 6) is 0. The molecule has 0 saturated heterocycles. The maximum absolute atomic E-state index is 12.2. The summed E-state index contributed by atoms with van der Waals surface area (Å²) in [7, 11) is 0. The second kappa shape index (κ2) is 3.35. The smallest absolute Gasteiger partial charge is 0.242 e. The van der Waals surface area contributed by atoms with Crippen molar-refractivity contribution in [3.8, 4) is 0 Å². The number of alkyl halides is 3. The summed E-state index contributed by atoms with van der Waals surface area (Å²) < 4.78 is 36.7. The van der Waals surface area contributed by atoms with Gasteiger partial charge in [-0.3, -0.25) is 0 Å². The first-order valence-corrected chi connectivity index (χ1v) is 3.97. The summed E-state index contributed by atoms with van der Waals surface area (Å²) in [6, 6.07) is 0. The monoisotopic (exact) mass is 229 g/mol. The van der Waals surface area contributed by atoms with E-state index < -0.39 is 11.7 Å². The van der Waals surface area contributed by atoms with Gasteiger partial charge in [0, 0.05) is 6.20 Å². The van der Waals surface area contributed by atoms with E-state index in [1.165, 1.54) is 6.92 Å². The van der Waals surface area contributed by atoms with Gasteiger partial charge in [0.1, 0.15) is 5.15 Å². The molecule has 1 rings (SSSR count). The highest BCUT2D eigenvalue weighted by atomic mass is 35.5. The molecular formula is C7H4Cl2F3N. The minimum absolute atomic E-state index is 0.103. The zero-order valence-corrected chi connectivity index (χ0v) is 7.93. The van der Waals surface area contributed by atoms with Gasteiger partial charge in [0.25, 0.3) is 0 Å². The Bertz CT molecular complexity index is 335. The summed E-state index contributed by atoms with van der Waals surface area (Å²) in [5.41, 5.74) is -0.962. The first-order chi connectivity index (χ1) is 5.84. The molecule has 13 heavy (non-hydrogen) atoms. The topological polar surface area (TPSA) is 12.9 Å². The maximum atomic E-state index is 12.2. The molecule has 0 radical (unpaired) electrons. The molecule has 1 heterocycles. The Morgan fingerprint density at radius 3 is 2.31 bits per heavy atom. The molecule has 0 aliphatic carbocycles. The molecule has 0 aliphatic heterocycles. The van der Waals surface area contributed by atoms with Crippen molar-refractivity contribution < 1.29 is 13.2 Å². The average Bonchev–Trinajstić information content (AvgIpc) is 1.98. The summed E-state index contributed by atoms with van der Waals surface area (Å²) in [6.45, 7) is 1.25. The van der Waals surface area contributed by atoms with Crippen molar-refractivity contribution in [2.24, 2.45) is 0 Å². The highest BCUT2D eigenvalue weighted by Crippen LogP contribution is 2.35. The van der Waals surface area contributed by atoms with E-state index in [1.807, 2.05) is 0 Å². The minimum atomic E-state index is -4.44. The first-order valence-electron chi connectivity index (χ1n) is 3.22. The van der Waals surface area contributed by atoms with Crippen LogP contribution >= 0.6 is 23.2 Å². The van der Waals surface area contributed by atoms with Crippen LogP contribution < -0.4 is 0 Å². The number of nitrogens with zero attached hydrogens (tertiary/aromatic N) is 1. The second-order valence-corrected chi connectivity index (χ2v) is 3.14. The largest absolute Gasteiger partial charge is 0.418 e. The van der Waals surface area contributed by atoms with Crippen molar-refractivity contribution in [3.05, 3.63) is 27.5 Å². The van der Waals surface area contributed by atoms with Crippen LogP contribution in [0.3, 0.4) is 0 Å². The van der Waals surface area contributed by atoms with Crippen LogP contribution in [0.1, 0.15) is 11.1 Å². The van der Waals surface area contributed by atoms with Crippen molar-refractivity contribution in [1.82, 2.24) is 4.98 Å². The molecule has 1 aromatic heterocycles. The molecule has 0 N–H and O–H groups in total. The lowest BCUT2D eigenvalue weighted by Gasteiger charge is -2.10. The molecule has 0 saturated carbocycles. The number of pyridine rings is 1. The lowest BCUT2D eigenvalue weighted by atomic mass is 10.1. The van der Waals surface area contributed by atoms with Gasteiger partial charge in [-0.2, -0.15) is 13.2 Å². The van der Waals surface area contributed by atoms with Gasteiger partial charge in [-0.25, -0.2) is 4.98 Å². The van der Waals surface area contributed by atoms with E-state index >= 15 is 0 Å². The van der Waals surface area contributed by atoms with Crippen LogP contribution in [0.25, 0.3) is 0 Å². The third-order valence-electron chi connectivity index (χ3n) is 1.53. The molecule has 72 valence electrons. The van der Waals surface area contributed by atoms with Crippen LogP contribution in [0.2, 0.25) is 10.2 Å². The van der Waals surface area contributed by atoms with Crippen LogP contribution in [-0.2, 0) is 6.18 Å². The fraction of sp³-hybridized carbons (Fsp3) is 0.286. The van der Waals surface area contributed by atoms with Gasteiger partial charge >= 0.3 is 6.18 Å². The Hall–Kier alpha value is -0.480. The van der Waals surface area contributed by atoms with E-state index in [4.69, 9.17) is 23.2 Å². The lowest BCUT2D eigenvalue weighted by Crippen LogP contribution is -2.08. The molecular weight excluding hydrogens is 226 g/mol. The summed E-state index contributed by atoms with van der Waals surface area (Å²) in [5, 5.41) is -0.274. The normalized spacial score (nSPS) is 11.8. The van der Waals surface area contributed by atoms with Crippen LogP contribution in [0, 0.1) is 6.92 Å². The molecule has 0 atom stereocenters.